The summed E-state index contributed by atoms with van der Waals surface area (Å²) in [5.74, 6) is -3.80. The summed E-state index contributed by atoms with van der Waals surface area (Å²) in [6, 6.07) is 13.4. The zero-order valence-electron chi connectivity index (χ0n) is 18.3. The van der Waals surface area contributed by atoms with E-state index in [1.165, 1.54) is 4.90 Å². The molecular formula is C24H25FN2O6. The second kappa shape index (κ2) is 10.2. The molecule has 2 amide bonds. The highest BCUT2D eigenvalue weighted by molar-refractivity contribution is 5.98. The highest BCUT2D eigenvalue weighted by atomic mass is 19.1. The molecule has 0 aromatic heterocycles. The van der Waals surface area contributed by atoms with Crippen molar-refractivity contribution >= 4 is 29.4 Å². The number of ketones is 1. The van der Waals surface area contributed by atoms with Crippen molar-refractivity contribution in [3.05, 3.63) is 54.1 Å². The maximum atomic E-state index is 13.1. The van der Waals surface area contributed by atoms with Gasteiger partial charge in [0, 0.05) is 5.56 Å². The zero-order valence-corrected chi connectivity index (χ0v) is 18.3. The number of carboxylic acid groups (broad SMARTS) is 1. The number of nitrogens with one attached hydrogen (secondary N) is 1. The van der Waals surface area contributed by atoms with E-state index in [9.17, 15) is 23.6 Å². The first-order valence-electron chi connectivity index (χ1n) is 10.5. The van der Waals surface area contributed by atoms with Gasteiger partial charge in [-0.15, -0.1) is 0 Å². The van der Waals surface area contributed by atoms with Gasteiger partial charge in [-0.3, -0.25) is 19.3 Å². The predicted octanol–water partition coefficient (Wildman–Crippen LogP) is 3.33. The predicted molar refractivity (Wildman–Crippen MR) is 118 cm³/mol. The molecular weight excluding hydrogens is 431 g/mol. The van der Waals surface area contributed by atoms with Crippen LogP contribution in [0.3, 0.4) is 0 Å². The smallest absolute Gasteiger partial charge is 0.415 e. The van der Waals surface area contributed by atoms with Crippen LogP contribution in [0, 0.1) is 5.92 Å². The van der Waals surface area contributed by atoms with Crippen molar-refractivity contribution < 1.29 is 33.4 Å². The Hall–Kier alpha value is -3.75. The van der Waals surface area contributed by atoms with Crippen molar-refractivity contribution in [3.8, 4) is 11.1 Å². The third-order valence-corrected chi connectivity index (χ3v) is 5.36. The van der Waals surface area contributed by atoms with E-state index in [1.807, 2.05) is 36.4 Å². The van der Waals surface area contributed by atoms with Crippen LogP contribution in [0.2, 0.25) is 0 Å². The number of hydrogen-bond donors (Lipinski definition) is 2. The lowest BCUT2D eigenvalue weighted by Gasteiger charge is -2.32. The van der Waals surface area contributed by atoms with Crippen LogP contribution in [-0.2, 0) is 25.7 Å². The molecule has 0 spiro atoms. The number of carbonyl (C=O) groups is 4. The van der Waals surface area contributed by atoms with Gasteiger partial charge >= 0.3 is 12.1 Å². The molecule has 33 heavy (non-hydrogen) atoms. The van der Waals surface area contributed by atoms with Gasteiger partial charge < -0.3 is 15.2 Å². The fourth-order valence-corrected chi connectivity index (χ4v) is 3.71. The van der Waals surface area contributed by atoms with Crippen LogP contribution in [0.4, 0.5) is 14.9 Å². The molecule has 1 aliphatic heterocycles. The largest absolute Gasteiger partial charge is 0.481 e. The SMILES string of the molecule is CC(C)C(OC(=O)N1Cc2ccccc2-c2ccccc21)C(=O)NC(CC(=O)O)C(=O)CF. The number of carbonyl (C=O) groups excluding carboxylic acids is 3. The number of rotatable bonds is 8. The second-order valence-electron chi connectivity index (χ2n) is 8.07. The minimum absolute atomic E-state index is 0.237. The van der Waals surface area contributed by atoms with Gasteiger partial charge in [0.1, 0.15) is 12.7 Å². The molecule has 1 heterocycles. The summed E-state index contributed by atoms with van der Waals surface area (Å²) in [5, 5.41) is 11.2. The molecule has 8 nitrogen and oxygen atoms in total. The third kappa shape index (κ3) is 5.36. The van der Waals surface area contributed by atoms with E-state index in [0.29, 0.717) is 5.69 Å². The molecule has 0 saturated heterocycles. The van der Waals surface area contributed by atoms with E-state index in [1.54, 1.807) is 26.0 Å². The molecule has 1 aliphatic rings. The van der Waals surface area contributed by atoms with Crippen LogP contribution in [0.15, 0.2) is 48.5 Å². The minimum atomic E-state index is -1.55. The Morgan fingerprint density at radius 3 is 2.33 bits per heavy atom. The summed E-state index contributed by atoms with van der Waals surface area (Å²) < 4.78 is 18.4. The van der Waals surface area contributed by atoms with Gasteiger partial charge in [-0.25, -0.2) is 9.18 Å². The number of ether oxygens (including phenoxy) is 1. The summed E-state index contributed by atoms with van der Waals surface area (Å²) in [5.41, 5.74) is 3.38. The molecule has 2 aromatic rings. The van der Waals surface area contributed by atoms with Gasteiger partial charge in [0.2, 0.25) is 0 Å². The Kier molecular flexibility index (Phi) is 7.42. The molecule has 0 radical (unpaired) electrons. The number of anilines is 1. The van der Waals surface area contributed by atoms with Crippen molar-refractivity contribution in [3.63, 3.8) is 0 Å². The number of Topliss-reactive ketones (excluding diaryl/α,β-unsaturated/α-hetero) is 1. The molecule has 9 heteroatoms. The zero-order chi connectivity index (χ0) is 24.1. The number of para-hydroxylation sites is 1. The Labute approximate surface area is 190 Å². The number of amides is 2. The minimum Gasteiger partial charge on any atom is -0.481 e. The van der Waals surface area contributed by atoms with E-state index < -0.39 is 54.9 Å². The Balaban J connectivity index is 1.81. The first kappa shape index (κ1) is 23.9. The molecule has 0 saturated carbocycles. The van der Waals surface area contributed by atoms with Crippen molar-refractivity contribution in [1.29, 1.82) is 0 Å². The van der Waals surface area contributed by atoms with E-state index in [0.717, 1.165) is 16.7 Å². The highest BCUT2D eigenvalue weighted by Crippen LogP contribution is 2.39. The van der Waals surface area contributed by atoms with Crippen LogP contribution in [0.1, 0.15) is 25.8 Å². The Morgan fingerprint density at radius 2 is 1.70 bits per heavy atom. The van der Waals surface area contributed by atoms with E-state index in [2.05, 4.69) is 5.32 Å². The maximum Gasteiger partial charge on any atom is 0.415 e. The van der Waals surface area contributed by atoms with Crippen molar-refractivity contribution in [2.75, 3.05) is 11.6 Å². The third-order valence-electron chi connectivity index (χ3n) is 5.36. The monoisotopic (exact) mass is 456 g/mol. The van der Waals surface area contributed by atoms with Gasteiger partial charge in [0.25, 0.3) is 5.91 Å². The fourth-order valence-electron chi connectivity index (χ4n) is 3.71. The molecule has 0 aliphatic carbocycles. The van der Waals surface area contributed by atoms with Crippen molar-refractivity contribution in [1.82, 2.24) is 5.32 Å². The van der Waals surface area contributed by atoms with Gasteiger partial charge in [-0.1, -0.05) is 56.3 Å². The van der Waals surface area contributed by atoms with Crippen LogP contribution in [-0.4, -0.2) is 47.7 Å². The van der Waals surface area contributed by atoms with E-state index >= 15 is 0 Å². The fraction of sp³-hybridized carbons (Fsp3) is 0.333. The molecule has 2 unspecified atom stereocenters. The molecule has 0 fully saturated rings. The molecule has 2 aromatic carbocycles. The Morgan fingerprint density at radius 1 is 1.06 bits per heavy atom. The molecule has 2 atom stereocenters. The van der Waals surface area contributed by atoms with Crippen LogP contribution >= 0.6 is 0 Å². The summed E-state index contributed by atoms with van der Waals surface area (Å²) in [4.78, 5) is 50.1. The number of hydrogen-bond acceptors (Lipinski definition) is 5. The summed E-state index contributed by atoms with van der Waals surface area (Å²) in [6.07, 6.45) is -2.85. The number of nitrogens with zero attached hydrogens (tertiary/aromatic N) is 1. The van der Waals surface area contributed by atoms with Gasteiger partial charge in [0.15, 0.2) is 11.9 Å². The average molecular weight is 456 g/mol. The van der Waals surface area contributed by atoms with E-state index in [4.69, 9.17) is 9.84 Å². The van der Waals surface area contributed by atoms with Gasteiger partial charge in [-0.2, -0.15) is 0 Å². The first-order valence-corrected chi connectivity index (χ1v) is 10.5. The normalized spacial score (nSPS) is 14.0. The summed E-state index contributed by atoms with van der Waals surface area (Å²) >= 11 is 0. The van der Waals surface area contributed by atoms with Crippen LogP contribution in [0.25, 0.3) is 11.1 Å². The Bertz CT molecular complexity index is 1070. The number of carboxylic acids is 1. The quantitative estimate of drug-likeness (QED) is 0.630. The summed E-state index contributed by atoms with van der Waals surface area (Å²) in [6.45, 7) is 2.09. The van der Waals surface area contributed by atoms with Crippen molar-refractivity contribution in [2.45, 2.75) is 39.0 Å². The number of alkyl halides is 1. The lowest BCUT2D eigenvalue weighted by Crippen LogP contribution is -2.50. The number of benzene rings is 2. The first-order chi connectivity index (χ1) is 15.7. The molecule has 174 valence electrons. The molecule has 3 rings (SSSR count). The number of aliphatic carboxylic acids is 1. The van der Waals surface area contributed by atoms with Crippen LogP contribution < -0.4 is 10.2 Å². The lowest BCUT2D eigenvalue weighted by atomic mass is 9.94. The van der Waals surface area contributed by atoms with Crippen LogP contribution in [0.5, 0.6) is 0 Å². The second-order valence-corrected chi connectivity index (χ2v) is 8.07. The topological polar surface area (TPSA) is 113 Å². The number of halogens is 1. The summed E-state index contributed by atoms with van der Waals surface area (Å²) in [7, 11) is 0. The molecule has 2 N–H and O–H groups in total. The average Bonchev–Trinajstić information content (AvgIpc) is 2.80. The number of fused-ring (bicyclic) bond motifs is 3. The van der Waals surface area contributed by atoms with E-state index in [-0.39, 0.29) is 6.54 Å². The highest BCUT2D eigenvalue weighted by Gasteiger charge is 2.34. The van der Waals surface area contributed by atoms with Gasteiger partial charge in [-0.05, 0) is 23.1 Å². The lowest BCUT2D eigenvalue weighted by molar-refractivity contribution is -0.141. The van der Waals surface area contributed by atoms with Gasteiger partial charge in [0.05, 0.1) is 18.7 Å². The van der Waals surface area contributed by atoms with Crippen molar-refractivity contribution in [2.24, 2.45) is 5.92 Å². The maximum absolute atomic E-state index is 13.1. The standard InChI is InChI=1S/C24H25FN2O6/c1-14(2)22(23(31)26-18(11-21(29)30)20(28)12-25)33-24(32)27-13-15-7-3-4-8-16(15)17-9-5-6-10-19(17)27/h3-10,14,18,22H,11-13H2,1-2H3,(H,26,31)(H,29,30). The molecule has 0 bridgehead atoms.